The largest absolute Gasteiger partial charge is 0.493 e. The van der Waals surface area contributed by atoms with Crippen molar-refractivity contribution in [1.82, 2.24) is 9.80 Å². The zero-order chi connectivity index (χ0) is 17.9. The molecule has 2 aromatic rings. The number of aliphatic hydroxyl groups excluding tert-OH is 1. The molecule has 0 aromatic heterocycles. The Morgan fingerprint density at radius 1 is 1.04 bits per heavy atom. The van der Waals surface area contributed by atoms with Crippen molar-refractivity contribution in [1.29, 1.82) is 0 Å². The first-order valence-corrected chi connectivity index (χ1v) is 9.23. The van der Waals surface area contributed by atoms with Crippen molar-refractivity contribution in [2.45, 2.75) is 6.42 Å². The number of fused-ring (bicyclic) bond motifs is 1. The predicted molar refractivity (Wildman–Crippen MR) is 101 cm³/mol. The first-order chi connectivity index (χ1) is 12.7. The molecule has 1 amide bonds. The average Bonchev–Trinajstić information content (AvgIpc) is 3.16. The molecule has 1 fully saturated rings. The van der Waals surface area contributed by atoms with Gasteiger partial charge in [-0.15, -0.1) is 0 Å². The van der Waals surface area contributed by atoms with Crippen LogP contribution in [0.5, 0.6) is 5.75 Å². The Morgan fingerprint density at radius 2 is 1.85 bits per heavy atom. The van der Waals surface area contributed by atoms with Gasteiger partial charge in [-0.1, -0.05) is 18.2 Å². The minimum atomic E-state index is 0.0833. The Morgan fingerprint density at radius 3 is 2.65 bits per heavy atom. The van der Waals surface area contributed by atoms with E-state index in [4.69, 9.17) is 9.84 Å². The summed E-state index contributed by atoms with van der Waals surface area (Å²) in [6, 6.07) is 14.1. The Bertz CT molecular complexity index is 798. The monoisotopic (exact) mass is 352 g/mol. The van der Waals surface area contributed by atoms with Crippen LogP contribution >= 0.6 is 0 Å². The van der Waals surface area contributed by atoms with Crippen LogP contribution in [-0.2, 0) is 6.42 Å². The lowest BCUT2D eigenvalue weighted by Gasteiger charge is -2.34. The number of aliphatic hydroxyl groups is 1. The maximum Gasteiger partial charge on any atom is 0.253 e. The van der Waals surface area contributed by atoms with Crippen molar-refractivity contribution in [3.05, 3.63) is 53.6 Å². The second kappa shape index (κ2) is 7.48. The molecule has 4 rings (SSSR count). The molecule has 136 valence electrons. The molecule has 5 nitrogen and oxygen atoms in total. The SMILES string of the molecule is O=C(c1cccc(-c2ccc3c(c2)CCO3)c1)N1CCN(CCO)CC1. The van der Waals surface area contributed by atoms with Gasteiger partial charge in [-0.2, -0.15) is 0 Å². The second-order valence-electron chi connectivity index (χ2n) is 6.86. The quantitative estimate of drug-likeness (QED) is 0.915. The van der Waals surface area contributed by atoms with Crippen molar-refractivity contribution in [3.8, 4) is 16.9 Å². The minimum Gasteiger partial charge on any atom is -0.493 e. The summed E-state index contributed by atoms with van der Waals surface area (Å²) in [4.78, 5) is 17.0. The van der Waals surface area contributed by atoms with Crippen LogP contribution in [0.4, 0.5) is 0 Å². The molecule has 26 heavy (non-hydrogen) atoms. The van der Waals surface area contributed by atoms with Crippen LogP contribution < -0.4 is 4.74 Å². The number of nitrogens with zero attached hydrogens (tertiary/aromatic N) is 2. The molecular formula is C21H24N2O3. The summed E-state index contributed by atoms with van der Waals surface area (Å²) < 4.78 is 5.58. The smallest absolute Gasteiger partial charge is 0.253 e. The van der Waals surface area contributed by atoms with Gasteiger partial charge in [0.05, 0.1) is 13.2 Å². The highest BCUT2D eigenvalue weighted by Crippen LogP contribution is 2.30. The van der Waals surface area contributed by atoms with E-state index in [2.05, 4.69) is 17.0 Å². The summed E-state index contributed by atoms with van der Waals surface area (Å²) >= 11 is 0. The zero-order valence-corrected chi connectivity index (χ0v) is 14.9. The molecular weight excluding hydrogens is 328 g/mol. The summed E-state index contributed by atoms with van der Waals surface area (Å²) in [6.07, 6.45) is 0.944. The number of hydrogen-bond donors (Lipinski definition) is 1. The highest BCUT2D eigenvalue weighted by Gasteiger charge is 2.22. The molecule has 0 saturated carbocycles. The Balaban J connectivity index is 1.50. The molecule has 0 spiro atoms. The average molecular weight is 352 g/mol. The molecule has 5 heteroatoms. The fourth-order valence-corrected chi connectivity index (χ4v) is 3.70. The first kappa shape index (κ1) is 17.1. The van der Waals surface area contributed by atoms with Gasteiger partial charge in [0, 0.05) is 44.7 Å². The number of ether oxygens (including phenoxy) is 1. The van der Waals surface area contributed by atoms with Gasteiger partial charge in [-0.3, -0.25) is 9.69 Å². The molecule has 2 aromatic carbocycles. The van der Waals surface area contributed by atoms with Crippen LogP contribution in [0.1, 0.15) is 15.9 Å². The number of carbonyl (C=O) groups excluding carboxylic acids is 1. The maximum atomic E-state index is 12.9. The summed E-state index contributed by atoms with van der Waals surface area (Å²) in [7, 11) is 0. The van der Waals surface area contributed by atoms with Gasteiger partial charge in [0.15, 0.2) is 0 Å². The normalized spacial score (nSPS) is 17.0. The number of benzene rings is 2. The number of rotatable bonds is 4. The number of carbonyl (C=O) groups is 1. The van der Waals surface area contributed by atoms with Gasteiger partial charge in [-0.25, -0.2) is 0 Å². The predicted octanol–water partition coefficient (Wildman–Crippen LogP) is 2.04. The van der Waals surface area contributed by atoms with E-state index in [1.807, 2.05) is 35.2 Å². The molecule has 2 aliphatic heterocycles. The molecule has 1 N–H and O–H groups in total. The van der Waals surface area contributed by atoms with Gasteiger partial charge < -0.3 is 14.7 Å². The lowest BCUT2D eigenvalue weighted by Crippen LogP contribution is -2.49. The maximum absolute atomic E-state index is 12.9. The summed E-state index contributed by atoms with van der Waals surface area (Å²) in [6.45, 7) is 4.65. The van der Waals surface area contributed by atoms with E-state index in [-0.39, 0.29) is 12.5 Å². The van der Waals surface area contributed by atoms with Crippen molar-refractivity contribution in [2.24, 2.45) is 0 Å². The van der Waals surface area contributed by atoms with Crippen LogP contribution in [0, 0.1) is 0 Å². The van der Waals surface area contributed by atoms with Crippen LogP contribution in [0.3, 0.4) is 0 Å². The molecule has 0 bridgehead atoms. The standard InChI is InChI=1S/C21H24N2O3/c24-12-11-22-7-9-23(10-8-22)21(25)19-3-1-2-16(15-19)17-4-5-20-18(14-17)6-13-26-20/h1-5,14-15,24H,6-13H2. The van der Waals surface area contributed by atoms with E-state index in [0.29, 0.717) is 19.6 Å². The highest BCUT2D eigenvalue weighted by molar-refractivity contribution is 5.95. The fraction of sp³-hybridized carbons (Fsp3) is 0.381. The lowest BCUT2D eigenvalue weighted by molar-refractivity contribution is 0.0615. The lowest BCUT2D eigenvalue weighted by atomic mass is 9.99. The second-order valence-corrected chi connectivity index (χ2v) is 6.86. The molecule has 0 aliphatic carbocycles. The Labute approximate surface area is 153 Å². The van der Waals surface area contributed by atoms with E-state index in [9.17, 15) is 4.79 Å². The fourth-order valence-electron chi connectivity index (χ4n) is 3.70. The van der Waals surface area contributed by atoms with Crippen molar-refractivity contribution in [2.75, 3.05) is 45.9 Å². The summed E-state index contributed by atoms with van der Waals surface area (Å²) in [5, 5.41) is 9.04. The van der Waals surface area contributed by atoms with Crippen molar-refractivity contribution >= 4 is 5.91 Å². The van der Waals surface area contributed by atoms with Gasteiger partial charge in [0.1, 0.15) is 5.75 Å². The van der Waals surface area contributed by atoms with Crippen LogP contribution in [0.25, 0.3) is 11.1 Å². The Hall–Kier alpha value is -2.37. The third kappa shape index (κ3) is 3.45. The van der Waals surface area contributed by atoms with Gasteiger partial charge in [0.2, 0.25) is 0 Å². The topological polar surface area (TPSA) is 53.0 Å². The minimum absolute atomic E-state index is 0.0833. The van der Waals surface area contributed by atoms with Crippen LogP contribution in [0.15, 0.2) is 42.5 Å². The van der Waals surface area contributed by atoms with E-state index in [1.165, 1.54) is 5.56 Å². The van der Waals surface area contributed by atoms with Crippen LogP contribution in [-0.4, -0.2) is 66.8 Å². The van der Waals surface area contributed by atoms with E-state index in [1.54, 1.807) is 0 Å². The van der Waals surface area contributed by atoms with E-state index < -0.39 is 0 Å². The number of piperazine rings is 1. The van der Waals surface area contributed by atoms with Gasteiger partial charge >= 0.3 is 0 Å². The van der Waals surface area contributed by atoms with Crippen LogP contribution in [0.2, 0.25) is 0 Å². The Kier molecular flexibility index (Phi) is 4.91. The summed E-state index contributed by atoms with van der Waals surface area (Å²) in [5.74, 6) is 1.06. The molecule has 0 radical (unpaired) electrons. The third-order valence-electron chi connectivity index (χ3n) is 5.21. The number of amides is 1. The first-order valence-electron chi connectivity index (χ1n) is 9.23. The molecule has 0 unspecified atom stereocenters. The van der Waals surface area contributed by atoms with Gasteiger partial charge in [-0.05, 0) is 41.0 Å². The zero-order valence-electron chi connectivity index (χ0n) is 14.9. The van der Waals surface area contributed by atoms with E-state index >= 15 is 0 Å². The molecule has 0 atom stereocenters. The number of β-amino-alcohol motifs (C(OH)–C–C–N with tert-alkyl or cyclic N) is 1. The summed E-state index contributed by atoms with van der Waals surface area (Å²) in [5.41, 5.74) is 4.15. The van der Waals surface area contributed by atoms with Crippen molar-refractivity contribution < 1.29 is 14.6 Å². The molecule has 2 heterocycles. The van der Waals surface area contributed by atoms with Gasteiger partial charge in [0.25, 0.3) is 5.91 Å². The third-order valence-corrected chi connectivity index (χ3v) is 5.21. The highest BCUT2D eigenvalue weighted by atomic mass is 16.5. The molecule has 2 aliphatic rings. The number of hydrogen-bond acceptors (Lipinski definition) is 4. The van der Waals surface area contributed by atoms with E-state index in [0.717, 1.165) is 48.6 Å². The molecule has 1 saturated heterocycles. The van der Waals surface area contributed by atoms with Crippen molar-refractivity contribution in [3.63, 3.8) is 0 Å².